The number of alkyl halides is 4. The van der Waals surface area contributed by atoms with Crippen LogP contribution in [0.2, 0.25) is 0 Å². The molecule has 2 aromatic heterocycles. The number of hydrogen-bond acceptors (Lipinski definition) is 8. The van der Waals surface area contributed by atoms with E-state index < -0.39 is 29.6 Å². The monoisotopic (exact) mass is 511 g/mol. The summed E-state index contributed by atoms with van der Waals surface area (Å²) in [6, 6.07) is 6.63. The van der Waals surface area contributed by atoms with Crippen molar-refractivity contribution in [3.8, 4) is 11.5 Å². The van der Waals surface area contributed by atoms with E-state index in [1.54, 1.807) is 23.8 Å². The third-order valence-corrected chi connectivity index (χ3v) is 5.43. The Morgan fingerprint density at radius 2 is 1.74 bits per heavy atom. The van der Waals surface area contributed by atoms with Gasteiger partial charge in [-0.15, -0.1) is 11.3 Å². The first-order chi connectivity index (χ1) is 16.5. The molecule has 184 valence electrons. The highest BCUT2D eigenvalue weighted by atomic mass is 32.1. The number of thiazole rings is 1. The summed E-state index contributed by atoms with van der Waals surface area (Å²) in [5, 5.41) is 8.19. The number of hydrogen-bond donors (Lipinski definition) is 3. The molecule has 1 aliphatic rings. The van der Waals surface area contributed by atoms with Crippen LogP contribution in [0.25, 0.3) is 0 Å². The molecule has 0 saturated heterocycles. The fourth-order valence-corrected chi connectivity index (χ4v) is 3.79. The number of pyridine rings is 1. The van der Waals surface area contributed by atoms with Crippen molar-refractivity contribution in [1.29, 1.82) is 0 Å². The van der Waals surface area contributed by atoms with Crippen molar-refractivity contribution in [3.05, 3.63) is 52.5 Å². The maximum absolute atomic E-state index is 13.4. The molecule has 0 bridgehead atoms. The van der Waals surface area contributed by atoms with Crippen LogP contribution in [-0.2, 0) is 22.6 Å². The number of amides is 2. The zero-order valence-corrected chi connectivity index (χ0v) is 18.7. The van der Waals surface area contributed by atoms with Crippen molar-refractivity contribution in [1.82, 2.24) is 9.97 Å². The second kappa shape index (κ2) is 9.37. The summed E-state index contributed by atoms with van der Waals surface area (Å²) in [6.45, 7) is 1.71. The van der Waals surface area contributed by atoms with Gasteiger partial charge in [-0.05, 0) is 29.8 Å². The second-order valence-corrected chi connectivity index (χ2v) is 8.27. The normalized spacial score (nSPS) is 15.2. The lowest BCUT2D eigenvalue weighted by Gasteiger charge is -2.31. The van der Waals surface area contributed by atoms with Gasteiger partial charge in [-0.1, -0.05) is 0 Å². The van der Waals surface area contributed by atoms with E-state index in [0.29, 0.717) is 23.1 Å². The Hall–Kier alpha value is -3.94. The fourth-order valence-electron chi connectivity index (χ4n) is 3.05. The summed E-state index contributed by atoms with van der Waals surface area (Å²) in [5.74, 6) is -1.09. The predicted octanol–water partition coefficient (Wildman–Crippen LogP) is 4.25. The summed E-state index contributed by atoms with van der Waals surface area (Å²) in [4.78, 5) is 32.5. The molecule has 1 aromatic carbocycles. The molecule has 3 aromatic rings. The third-order valence-electron chi connectivity index (χ3n) is 4.59. The Bertz CT molecular complexity index is 1270. The van der Waals surface area contributed by atoms with Crippen LogP contribution in [0.15, 0.2) is 42.0 Å². The van der Waals surface area contributed by atoms with Crippen LogP contribution in [0.5, 0.6) is 11.5 Å². The lowest BCUT2D eigenvalue weighted by molar-refractivity contribution is -0.391. The topological polar surface area (TPSA) is 114 Å². The van der Waals surface area contributed by atoms with E-state index in [2.05, 4.69) is 35.4 Å². The summed E-state index contributed by atoms with van der Waals surface area (Å²) in [6.07, 6.45) is -8.23. The van der Waals surface area contributed by atoms with Crippen LogP contribution in [0.1, 0.15) is 17.4 Å². The number of rotatable bonds is 7. The number of carbonyl (C=O) groups is 2. The Morgan fingerprint density at radius 3 is 2.49 bits per heavy atom. The number of nitrogens with one attached hydrogen (secondary N) is 3. The molecular weight excluding hydrogens is 494 g/mol. The molecule has 0 radical (unpaired) electrons. The first-order valence-electron chi connectivity index (χ1n) is 9.99. The molecule has 0 saturated carbocycles. The van der Waals surface area contributed by atoms with Gasteiger partial charge in [-0.3, -0.25) is 9.59 Å². The average molecular weight is 511 g/mol. The number of halogens is 4. The number of carbonyl (C=O) groups excluding carboxylic acids is 2. The zero-order chi connectivity index (χ0) is 25.2. The van der Waals surface area contributed by atoms with Gasteiger partial charge in [-0.25, -0.2) is 9.97 Å². The molecule has 3 heterocycles. The van der Waals surface area contributed by atoms with Gasteiger partial charge in [0, 0.05) is 31.4 Å². The van der Waals surface area contributed by atoms with Gasteiger partial charge in [-0.2, -0.15) is 17.6 Å². The minimum atomic E-state index is -4.86. The SMILES string of the molecule is CC(=O)Nc1cc(CNc2ncsc2CC(=O)Nc2ccc3c(c2)OC(F)(F)C(F)(F)O3)ccn1. The van der Waals surface area contributed by atoms with Crippen molar-refractivity contribution in [3.63, 3.8) is 0 Å². The molecule has 1 aliphatic heterocycles. The summed E-state index contributed by atoms with van der Waals surface area (Å²) in [5.41, 5.74) is 2.41. The molecule has 3 N–H and O–H groups in total. The maximum atomic E-state index is 13.4. The standard InChI is InChI=1S/C21H17F4N5O4S/c1-11(31)29-17-6-12(4-5-26-17)9-27-19-16(35-10-28-19)8-18(32)30-13-2-3-14-15(7-13)34-21(24,25)20(22,23)33-14/h2-7,10,27H,8-9H2,1H3,(H,30,32)(H,26,29,31). The van der Waals surface area contributed by atoms with E-state index >= 15 is 0 Å². The zero-order valence-electron chi connectivity index (χ0n) is 17.9. The molecule has 9 nitrogen and oxygen atoms in total. The van der Waals surface area contributed by atoms with Gasteiger partial charge in [0.05, 0.1) is 16.8 Å². The van der Waals surface area contributed by atoms with Gasteiger partial charge in [0.1, 0.15) is 11.6 Å². The van der Waals surface area contributed by atoms with E-state index in [-0.39, 0.29) is 18.0 Å². The Kier molecular flexibility index (Phi) is 6.47. The molecular formula is C21H17F4N5O4S. The summed E-state index contributed by atoms with van der Waals surface area (Å²) in [7, 11) is 0. The van der Waals surface area contributed by atoms with Crippen LogP contribution in [0.3, 0.4) is 0 Å². The molecule has 2 amide bonds. The van der Waals surface area contributed by atoms with Gasteiger partial charge in [0.15, 0.2) is 11.5 Å². The van der Waals surface area contributed by atoms with E-state index in [4.69, 9.17) is 0 Å². The third kappa shape index (κ3) is 5.59. The highest BCUT2D eigenvalue weighted by molar-refractivity contribution is 7.10. The van der Waals surface area contributed by atoms with Crippen LogP contribution in [0.4, 0.5) is 34.9 Å². The van der Waals surface area contributed by atoms with Crippen molar-refractivity contribution < 1.29 is 36.6 Å². The molecule has 0 atom stereocenters. The van der Waals surface area contributed by atoms with Crippen molar-refractivity contribution in [2.45, 2.75) is 32.1 Å². The van der Waals surface area contributed by atoms with Crippen LogP contribution in [-0.4, -0.2) is 34.0 Å². The molecule has 0 aliphatic carbocycles. The molecule has 4 rings (SSSR count). The fraction of sp³-hybridized carbons (Fsp3) is 0.238. The second-order valence-electron chi connectivity index (χ2n) is 7.33. The number of benzene rings is 1. The lowest BCUT2D eigenvalue weighted by atomic mass is 10.2. The van der Waals surface area contributed by atoms with E-state index in [9.17, 15) is 27.2 Å². The number of nitrogens with zero attached hydrogens (tertiary/aromatic N) is 2. The smallest absolute Gasteiger partial charge is 0.421 e. The largest absolute Gasteiger partial charge is 0.507 e. The van der Waals surface area contributed by atoms with Crippen LogP contribution < -0.4 is 25.4 Å². The number of ether oxygens (including phenoxy) is 2. The molecule has 14 heteroatoms. The summed E-state index contributed by atoms with van der Waals surface area (Å²) >= 11 is 1.23. The molecule has 0 unspecified atom stereocenters. The minimum Gasteiger partial charge on any atom is -0.421 e. The molecule has 35 heavy (non-hydrogen) atoms. The van der Waals surface area contributed by atoms with Crippen molar-refractivity contribution in [2.75, 3.05) is 16.0 Å². The maximum Gasteiger partial charge on any atom is 0.507 e. The first kappa shape index (κ1) is 24.2. The molecule has 0 spiro atoms. The van der Waals surface area contributed by atoms with Crippen molar-refractivity contribution >= 4 is 40.5 Å². The van der Waals surface area contributed by atoms with Gasteiger partial charge >= 0.3 is 12.2 Å². The van der Waals surface area contributed by atoms with Crippen LogP contribution in [0, 0.1) is 0 Å². The Morgan fingerprint density at radius 1 is 1.00 bits per heavy atom. The first-order valence-corrected chi connectivity index (χ1v) is 10.9. The van der Waals surface area contributed by atoms with Gasteiger partial charge < -0.3 is 25.4 Å². The number of anilines is 3. The molecule has 0 fully saturated rings. The summed E-state index contributed by atoms with van der Waals surface area (Å²) < 4.78 is 61.4. The van der Waals surface area contributed by atoms with Gasteiger partial charge in [0.25, 0.3) is 0 Å². The highest BCUT2D eigenvalue weighted by Gasteiger charge is 2.65. The van der Waals surface area contributed by atoms with E-state index in [1.807, 2.05) is 0 Å². The van der Waals surface area contributed by atoms with Crippen LogP contribution >= 0.6 is 11.3 Å². The van der Waals surface area contributed by atoms with Gasteiger partial charge in [0.2, 0.25) is 11.8 Å². The van der Waals surface area contributed by atoms with E-state index in [0.717, 1.165) is 17.7 Å². The minimum absolute atomic E-state index is 0.0553. The Labute approximate surface area is 199 Å². The lowest BCUT2D eigenvalue weighted by Crippen LogP contribution is -2.52. The van der Waals surface area contributed by atoms with E-state index in [1.165, 1.54) is 24.3 Å². The van der Waals surface area contributed by atoms with Crippen molar-refractivity contribution in [2.24, 2.45) is 0 Å². The predicted molar refractivity (Wildman–Crippen MR) is 118 cm³/mol. The number of aromatic nitrogens is 2. The quantitative estimate of drug-likeness (QED) is 0.407. The highest BCUT2D eigenvalue weighted by Crippen LogP contribution is 2.47. The number of fused-ring (bicyclic) bond motifs is 1. The average Bonchev–Trinajstić information content (AvgIpc) is 3.19. The Balaban J connectivity index is 1.37.